The molecule has 8 heterocycles. The largest absolute Gasteiger partial charge is 0.480 e. The molecule has 0 saturated carbocycles. The second-order valence-corrected chi connectivity index (χ2v) is 28.4. The molecule has 0 radical (unpaired) electrons. The molecule has 23 nitrogen and oxygen atoms in total. The number of aromatic amines is 1. The van der Waals surface area contributed by atoms with Crippen molar-refractivity contribution in [2.24, 2.45) is 0 Å². The second kappa shape index (κ2) is 70.2. The smallest absolute Gasteiger partial charge is 0.344 e. The Labute approximate surface area is 766 Å². The standard InChI is InChI=1S/C17H15NO3.C16H13ClN2O.C16H14N2O2.C9H11NO3.C9H8.C8H9NO3.C8H9NO2.C6H7N.C3H10Si.5C2H6.CH4/c1-20-16-15(17(19)21-2)14(11-12-18-16)10-6-9-13-7-4-3-5-8-13;1-20-16-14-12(7-8-18-16)10-13(19-15(14)17)9-11-5-3-2-4-6-11;1-20-16-14-12(7-8-17-16)10-13(18-15(14)19)9-11-5-3-2-4-6-11;1-6-4-5-10-8(12-2)7(6)9(11)13-3;1-2-6-9-7-4-3-5-8-9;1-5-3-4-9-7(12-2)6(5)8(10)11;1-6-3-4-9-8(11-2)7(6)5-10;7-6-4-2-1-3-5-6;1-4(2)3;5*1-2;/h3-5,7-8,11-12H,9H2,1-2H3;2-8,10H,9H2,1H3;2-8,10H,9H2,1H3,(H,18,19);4-5H,1-3H3;1,3-5,7-8H,6H2;3-4H,1-2H3,(H,10,11);3-5H,1-2H3;1-5H,7H2;4H,1-3H3;5*1-2H3;1H4/i;;;;;;;;4D;;;;;;. The van der Waals surface area contributed by atoms with Crippen molar-refractivity contribution in [3.63, 3.8) is 0 Å². The highest BCUT2D eigenvalue weighted by Crippen LogP contribution is 2.31. The van der Waals surface area contributed by atoms with E-state index in [1.54, 1.807) is 76.2 Å². The molecule has 0 amide bonds. The van der Waals surface area contributed by atoms with Gasteiger partial charge >= 0.3 is 17.9 Å². The van der Waals surface area contributed by atoms with Gasteiger partial charge in [0, 0.05) is 95.5 Å². The quantitative estimate of drug-likeness (QED) is 0.0202. The van der Waals surface area contributed by atoms with Crippen molar-refractivity contribution in [3.8, 4) is 59.5 Å². The second-order valence-electron chi connectivity index (χ2n) is 25.0. The SMILES string of the molecule is C.C#CCc1ccccc1.CC.CC.CC.CC.CC.COC(=O)c1c(C#CCc2ccccc2)ccnc1OC.COC(=O)c1c(C)ccnc1OC.COc1nccc(C)c1C(=O)O.COc1nccc(C)c1C=O.COc1nccc2cc(Cc3ccccc3)[nH]c(=O)c12.COc1nccc2cc(Cc3ccccc3)nc(Cl)c12.Nc1ccccc1.[2H][Si](C)(C)C. The van der Waals surface area contributed by atoms with Crippen molar-refractivity contribution >= 4 is 71.8 Å². The molecular weight excluding hydrogens is 1650 g/mol. The molecule has 13 aromatic rings. The number of aromatic nitrogens is 8. The number of carboxylic acid groups (broad SMARTS) is 1. The Balaban J connectivity index is 0. The van der Waals surface area contributed by atoms with E-state index < -0.39 is 26.6 Å². The van der Waals surface area contributed by atoms with Gasteiger partial charge < -0.3 is 53.7 Å². The van der Waals surface area contributed by atoms with Crippen molar-refractivity contribution in [1.82, 2.24) is 39.9 Å². The van der Waals surface area contributed by atoms with Gasteiger partial charge in [0.25, 0.3) is 5.56 Å². The highest BCUT2D eigenvalue weighted by molar-refractivity contribution is 6.54. The minimum atomic E-state index is -1.36. The van der Waals surface area contributed by atoms with Crippen LogP contribution in [0.3, 0.4) is 0 Å². The molecule has 25 heteroatoms. The van der Waals surface area contributed by atoms with Gasteiger partial charge in [0.05, 0.1) is 67.8 Å². The van der Waals surface area contributed by atoms with Crippen LogP contribution in [0.15, 0.2) is 242 Å². The summed E-state index contributed by atoms with van der Waals surface area (Å²) in [5.41, 5.74) is 16.7. The van der Waals surface area contributed by atoms with Gasteiger partial charge in [-0.3, -0.25) is 9.59 Å². The van der Waals surface area contributed by atoms with Gasteiger partial charge in [0.2, 0.25) is 35.3 Å². The Morgan fingerprint density at radius 2 is 0.828 bits per heavy atom. The van der Waals surface area contributed by atoms with E-state index in [2.05, 4.69) is 74.5 Å². The van der Waals surface area contributed by atoms with Crippen molar-refractivity contribution in [2.75, 3.05) is 62.6 Å². The van der Waals surface area contributed by atoms with Crippen LogP contribution in [-0.4, -0.2) is 136 Å². The summed E-state index contributed by atoms with van der Waals surface area (Å²) in [6, 6.07) is 64.2. The van der Waals surface area contributed by atoms with E-state index in [0.717, 1.165) is 74.6 Å². The lowest BCUT2D eigenvalue weighted by Crippen LogP contribution is -2.11. The van der Waals surface area contributed by atoms with Crippen LogP contribution >= 0.6 is 11.6 Å². The number of carboxylic acids is 1. The number of benzene rings is 5. The zero-order chi connectivity index (χ0) is 96.4. The molecule has 0 aliphatic heterocycles. The van der Waals surface area contributed by atoms with Gasteiger partial charge in [0.1, 0.15) is 27.2 Å². The van der Waals surface area contributed by atoms with Crippen LogP contribution < -0.4 is 39.7 Å². The van der Waals surface area contributed by atoms with Gasteiger partial charge in [-0.1, -0.05) is 259 Å². The highest BCUT2D eigenvalue weighted by atomic mass is 35.5. The molecule has 0 saturated heterocycles. The van der Waals surface area contributed by atoms with E-state index in [1.807, 2.05) is 260 Å². The van der Waals surface area contributed by atoms with E-state index >= 15 is 0 Å². The number of ether oxygens (including phenoxy) is 8. The van der Waals surface area contributed by atoms with Crippen LogP contribution in [0.25, 0.3) is 21.5 Å². The first kappa shape index (κ1) is 114. The Hall–Kier alpha value is -14.1. The fraction of sp³-hybridized carbons (Fsp3) is 0.282. The predicted molar refractivity (Wildman–Crippen MR) is 526 cm³/mol. The van der Waals surface area contributed by atoms with Crippen LogP contribution in [0.1, 0.15) is 174 Å². The van der Waals surface area contributed by atoms with Crippen LogP contribution in [0.4, 0.5) is 5.69 Å². The highest BCUT2D eigenvalue weighted by Gasteiger charge is 2.20. The van der Waals surface area contributed by atoms with Crippen molar-refractivity contribution in [3.05, 3.63) is 331 Å². The first-order valence-electron chi connectivity index (χ1n) is 41.6. The number of nitrogens with two attached hydrogens (primary N) is 1. The van der Waals surface area contributed by atoms with Gasteiger partial charge in [-0.2, -0.15) is 0 Å². The number of esters is 2. The zero-order valence-electron chi connectivity index (χ0n) is 78.8. The monoisotopic (exact) mass is 1780 g/mol. The Bertz CT molecular complexity index is 5500. The minimum Gasteiger partial charge on any atom is -0.480 e. The van der Waals surface area contributed by atoms with E-state index in [-0.39, 0.29) is 35.9 Å². The molecule has 4 N–H and O–H groups in total. The van der Waals surface area contributed by atoms with Gasteiger partial charge in [0.15, 0.2) is 6.29 Å². The molecule has 0 unspecified atom stereocenters. The number of pyridine rings is 8. The molecule has 682 valence electrons. The number of nitrogen functional groups attached to an aromatic ring is 1. The number of carbonyl (C=O) groups excluding carboxylic acids is 3. The summed E-state index contributed by atoms with van der Waals surface area (Å²) in [6.07, 6.45) is 18.3. The maximum Gasteiger partial charge on any atom is 0.344 e. The lowest BCUT2D eigenvalue weighted by atomic mass is 10.1. The van der Waals surface area contributed by atoms with Gasteiger partial charge in [-0.25, -0.2) is 49.3 Å². The number of anilines is 1. The van der Waals surface area contributed by atoms with Crippen LogP contribution in [0.2, 0.25) is 24.8 Å². The minimum absolute atomic E-state index is 0. The van der Waals surface area contributed by atoms with E-state index in [9.17, 15) is 24.0 Å². The maximum atomic E-state index is 12.2. The molecule has 128 heavy (non-hydrogen) atoms. The van der Waals surface area contributed by atoms with Crippen LogP contribution in [0, 0.1) is 45.0 Å². The molecular formula is C103H130ClN9O14Si. The number of aromatic carboxylic acids is 1. The average Bonchev–Trinajstić information content (AvgIpc) is 0.798. The topological polar surface area (TPSA) is 311 Å². The number of para-hydroxylation sites is 1. The van der Waals surface area contributed by atoms with Crippen molar-refractivity contribution < 1.29 is 62.2 Å². The molecule has 5 aromatic carbocycles. The number of methoxy groups -OCH3 is 8. The number of aldehydes is 1. The number of nitrogens with one attached hydrogen (secondary N) is 1. The summed E-state index contributed by atoms with van der Waals surface area (Å²) in [6.45, 7) is 31.3. The third-order valence-corrected chi connectivity index (χ3v) is 16.2. The summed E-state index contributed by atoms with van der Waals surface area (Å²) < 4.78 is 46.5. The number of aryl methyl sites for hydroxylation is 3. The lowest BCUT2D eigenvalue weighted by molar-refractivity contribution is 0.0586. The van der Waals surface area contributed by atoms with E-state index in [4.69, 9.17) is 63.3 Å². The molecule has 0 aliphatic rings. The number of H-pyrrole nitrogens is 1. The maximum absolute atomic E-state index is 12.2. The Morgan fingerprint density at radius 1 is 0.477 bits per heavy atom. The summed E-state index contributed by atoms with van der Waals surface area (Å²) in [7, 11) is 10.2. The number of halogens is 1. The first-order valence-corrected chi connectivity index (χ1v) is 44.5. The number of hydrogen-bond acceptors (Lipinski definition) is 21. The number of fused-ring (bicyclic) bond motifs is 2. The number of terminal acetylenes is 1. The number of rotatable bonds is 16. The first-order chi connectivity index (χ1) is 61.8. The molecule has 13 rings (SSSR count). The zero-order valence-corrected chi connectivity index (χ0v) is 79.6. The van der Waals surface area contributed by atoms with E-state index in [1.165, 1.54) is 67.1 Å². The van der Waals surface area contributed by atoms with Gasteiger partial charge in [-0.15, -0.1) is 12.3 Å². The molecule has 0 aliphatic carbocycles. The Kier molecular flexibility index (Phi) is 62.5. The Morgan fingerprint density at radius 3 is 1.23 bits per heavy atom. The summed E-state index contributed by atoms with van der Waals surface area (Å²) in [5, 5.41) is 12.3. The molecule has 0 spiro atoms. The summed E-state index contributed by atoms with van der Waals surface area (Å²) in [5.74, 6) is 8.58. The summed E-state index contributed by atoms with van der Waals surface area (Å²) >= 11 is 6.28. The van der Waals surface area contributed by atoms with Crippen molar-refractivity contribution in [1.29, 1.82) is 1.23 Å². The predicted octanol–water partition coefficient (Wildman–Crippen LogP) is 22.4. The normalized spacial score (nSPS) is 9.30. The third-order valence-electron chi connectivity index (χ3n) is 15.9. The molecule has 0 bridgehead atoms. The van der Waals surface area contributed by atoms with Crippen LogP contribution in [-0.2, 0) is 35.2 Å². The van der Waals surface area contributed by atoms with E-state index in [0.29, 0.717) is 69.2 Å². The number of hydrogen-bond donors (Lipinski definition) is 3. The molecule has 0 fully saturated rings. The lowest BCUT2D eigenvalue weighted by Gasteiger charge is -2.08. The summed E-state index contributed by atoms with van der Waals surface area (Å²) in [4.78, 5) is 87.6. The third kappa shape index (κ3) is 42.1. The fourth-order valence-corrected chi connectivity index (χ4v) is 10.7. The molecule has 8 aromatic heterocycles. The number of nitrogens with zero attached hydrogens (tertiary/aromatic N) is 7. The van der Waals surface area contributed by atoms with Gasteiger partial charge in [-0.05, 0) is 131 Å². The average molecular weight is 1780 g/mol. The fourth-order valence-electron chi connectivity index (χ4n) is 10.4. The molecule has 0 atom stereocenters. The van der Waals surface area contributed by atoms with Crippen LogP contribution in [0.5, 0.6) is 35.3 Å². The number of carbonyl (C=O) groups is 4. The van der Waals surface area contributed by atoms with Crippen molar-refractivity contribution in [2.45, 2.75) is 143 Å².